The molecule has 2 N–H and O–H groups in total. The second-order valence-electron chi connectivity index (χ2n) is 5.24. The van der Waals surface area contributed by atoms with Crippen LogP contribution in [0.1, 0.15) is 16.7 Å². The summed E-state index contributed by atoms with van der Waals surface area (Å²) < 4.78 is 5.29. The number of rotatable bonds is 3. The Morgan fingerprint density at radius 3 is 2.73 bits per heavy atom. The predicted octanol–water partition coefficient (Wildman–Crippen LogP) is 3.43. The monoisotopic (exact) mass is 295 g/mol. The number of hydrogen-bond donors (Lipinski definition) is 2. The van der Waals surface area contributed by atoms with Crippen LogP contribution >= 0.6 is 0 Å². The molecule has 1 unspecified atom stereocenters. The molecule has 0 aromatic heterocycles. The van der Waals surface area contributed by atoms with E-state index in [9.17, 15) is 4.79 Å². The number of hydrogen-bond acceptors (Lipinski definition) is 2. The minimum absolute atomic E-state index is 0.236. The lowest BCUT2D eigenvalue weighted by molar-refractivity contribution is 0.192. The van der Waals surface area contributed by atoms with Crippen molar-refractivity contribution in [1.29, 1.82) is 0 Å². The third kappa shape index (κ3) is 2.81. The predicted molar refractivity (Wildman–Crippen MR) is 86.0 cm³/mol. The molecule has 1 amide bonds. The highest BCUT2D eigenvalue weighted by atomic mass is 16.5. The molecule has 4 nitrogen and oxygen atoms in total. The molecule has 4 heteroatoms. The van der Waals surface area contributed by atoms with Crippen LogP contribution in [0.4, 0.5) is 4.79 Å². The van der Waals surface area contributed by atoms with Crippen LogP contribution in [0.25, 0.3) is 11.6 Å². The van der Waals surface area contributed by atoms with Crippen LogP contribution in [0.5, 0.6) is 5.75 Å². The van der Waals surface area contributed by atoms with Crippen molar-refractivity contribution in [1.82, 2.24) is 5.32 Å². The Hall–Kier alpha value is -2.75. The maximum Gasteiger partial charge on any atom is 0.405 e. The van der Waals surface area contributed by atoms with Gasteiger partial charge in [-0.25, -0.2) is 4.79 Å². The zero-order valence-corrected chi connectivity index (χ0v) is 12.2. The lowest BCUT2D eigenvalue weighted by Crippen LogP contribution is -2.33. The third-order valence-electron chi connectivity index (χ3n) is 3.85. The van der Waals surface area contributed by atoms with Crippen molar-refractivity contribution in [3.8, 4) is 5.75 Å². The fraction of sp³-hybridized carbons (Fsp3) is 0.167. The van der Waals surface area contributed by atoms with Gasteiger partial charge in [0.1, 0.15) is 5.75 Å². The first-order valence-electron chi connectivity index (χ1n) is 7.11. The van der Waals surface area contributed by atoms with Gasteiger partial charge in [0.2, 0.25) is 0 Å². The molecule has 0 spiro atoms. The first-order valence-corrected chi connectivity index (χ1v) is 7.11. The summed E-state index contributed by atoms with van der Waals surface area (Å²) in [6.45, 7) is 0. The van der Waals surface area contributed by atoms with Crippen LogP contribution in [0.3, 0.4) is 0 Å². The van der Waals surface area contributed by atoms with Crippen molar-refractivity contribution >= 4 is 17.7 Å². The first-order chi connectivity index (χ1) is 10.7. The normalized spacial score (nSPS) is 18.0. The van der Waals surface area contributed by atoms with E-state index in [0.717, 1.165) is 28.0 Å². The summed E-state index contributed by atoms with van der Waals surface area (Å²) in [7, 11) is 1.63. The van der Waals surface area contributed by atoms with Crippen LogP contribution in [-0.4, -0.2) is 24.4 Å². The number of nitrogens with one attached hydrogen (secondary N) is 1. The largest absolute Gasteiger partial charge is 0.497 e. The zero-order chi connectivity index (χ0) is 15.5. The van der Waals surface area contributed by atoms with Gasteiger partial charge in [-0.05, 0) is 46.9 Å². The Morgan fingerprint density at radius 2 is 2.05 bits per heavy atom. The van der Waals surface area contributed by atoms with Crippen LogP contribution in [0, 0.1) is 0 Å². The summed E-state index contributed by atoms with van der Waals surface area (Å²) in [6, 6.07) is 15.5. The number of amides is 1. The second-order valence-corrected chi connectivity index (χ2v) is 5.24. The molecule has 0 heterocycles. The standard InChI is InChI=1S/C18H17NO3/c1-22-14-8-7-13-10-17(19-18(20)21)16(15(13)11-14)9-12-5-3-2-4-6-12/h2-9,11,17,19H,10H2,1H3,(H,20,21)/b16-9-. The highest BCUT2D eigenvalue weighted by Crippen LogP contribution is 2.36. The van der Waals surface area contributed by atoms with E-state index in [-0.39, 0.29) is 6.04 Å². The quantitative estimate of drug-likeness (QED) is 0.912. The van der Waals surface area contributed by atoms with Crippen molar-refractivity contribution in [3.63, 3.8) is 0 Å². The van der Waals surface area contributed by atoms with Gasteiger partial charge in [0, 0.05) is 0 Å². The van der Waals surface area contributed by atoms with Gasteiger partial charge in [-0.2, -0.15) is 0 Å². The van der Waals surface area contributed by atoms with Crippen LogP contribution in [0.2, 0.25) is 0 Å². The number of benzene rings is 2. The summed E-state index contributed by atoms with van der Waals surface area (Å²) >= 11 is 0. The van der Waals surface area contributed by atoms with Gasteiger partial charge in [0.15, 0.2) is 0 Å². The minimum Gasteiger partial charge on any atom is -0.497 e. The Labute approximate surface area is 129 Å². The number of fused-ring (bicyclic) bond motifs is 1. The lowest BCUT2D eigenvalue weighted by Gasteiger charge is -2.13. The topological polar surface area (TPSA) is 58.6 Å². The SMILES string of the molecule is COc1ccc2c(c1)/C(=C/c1ccccc1)C(NC(=O)O)C2. The summed E-state index contributed by atoms with van der Waals surface area (Å²) in [6.07, 6.45) is 1.68. The molecule has 0 fully saturated rings. The van der Waals surface area contributed by atoms with Crippen molar-refractivity contribution in [3.05, 3.63) is 65.2 Å². The number of ether oxygens (including phenoxy) is 1. The maximum atomic E-state index is 11.1. The van der Waals surface area contributed by atoms with Crippen molar-refractivity contribution in [2.75, 3.05) is 7.11 Å². The first kappa shape index (κ1) is 14.2. The van der Waals surface area contributed by atoms with Crippen molar-refractivity contribution < 1.29 is 14.6 Å². The van der Waals surface area contributed by atoms with E-state index >= 15 is 0 Å². The average Bonchev–Trinajstić information content (AvgIpc) is 2.84. The fourth-order valence-electron chi connectivity index (χ4n) is 2.83. The van der Waals surface area contributed by atoms with Crippen molar-refractivity contribution in [2.45, 2.75) is 12.5 Å². The molecule has 2 aromatic rings. The molecular weight excluding hydrogens is 278 g/mol. The molecule has 22 heavy (non-hydrogen) atoms. The molecule has 0 saturated heterocycles. The van der Waals surface area contributed by atoms with E-state index in [1.165, 1.54) is 0 Å². The van der Waals surface area contributed by atoms with E-state index < -0.39 is 6.09 Å². The van der Waals surface area contributed by atoms with Gasteiger partial charge in [-0.15, -0.1) is 0 Å². The number of carbonyl (C=O) groups is 1. The number of carboxylic acid groups (broad SMARTS) is 1. The maximum absolute atomic E-state index is 11.1. The van der Waals surface area contributed by atoms with Gasteiger partial charge in [-0.1, -0.05) is 36.4 Å². The molecule has 2 aromatic carbocycles. The van der Waals surface area contributed by atoms with Gasteiger partial charge in [-0.3, -0.25) is 0 Å². The highest BCUT2D eigenvalue weighted by Gasteiger charge is 2.28. The molecule has 1 aliphatic rings. The molecule has 0 radical (unpaired) electrons. The molecule has 112 valence electrons. The van der Waals surface area contributed by atoms with Crippen molar-refractivity contribution in [2.24, 2.45) is 0 Å². The van der Waals surface area contributed by atoms with E-state index in [1.807, 2.05) is 54.6 Å². The summed E-state index contributed by atoms with van der Waals surface area (Å²) in [5, 5.41) is 11.7. The van der Waals surface area contributed by atoms with Gasteiger partial charge < -0.3 is 15.2 Å². The van der Waals surface area contributed by atoms with Gasteiger partial charge in [0.25, 0.3) is 0 Å². The van der Waals surface area contributed by atoms with Gasteiger partial charge >= 0.3 is 6.09 Å². The second kappa shape index (κ2) is 5.93. The average molecular weight is 295 g/mol. The molecule has 0 aliphatic heterocycles. The van der Waals surface area contributed by atoms with Crippen LogP contribution in [-0.2, 0) is 6.42 Å². The smallest absolute Gasteiger partial charge is 0.405 e. The van der Waals surface area contributed by atoms with E-state index in [0.29, 0.717) is 6.42 Å². The van der Waals surface area contributed by atoms with E-state index in [2.05, 4.69) is 5.32 Å². The molecule has 0 bridgehead atoms. The molecule has 1 atom stereocenters. The lowest BCUT2D eigenvalue weighted by atomic mass is 10.0. The number of methoxy groups -OCH3 is 1. The van der Waals surface area contributed by atoms with Gasteiger partial charge in [0.05, 0.1) is 13.2 Å². The van der Waals surface area contributed by atoms with E-state index in [1.54, 1.807) is 7.11 Å². The Balaban J connectivity index is 2.06. The molecule has 1 aliphatic carbocycles. The van der Waals surface area contributed by atoms with Crippen LogP contribution < -0.4 is 10.1 Å². The fourth-order valence-corrected chi connectivity index (χ4v) is 2.83. The molecular formula is C18H17NO3. The summed E-state index contributed by atoms with van der Waals surface area (Å²) in [4.78, 5) is 11.1. The Bertz CT molecular complexity index is 722. The highest BCUT2D eigenvalue weighted by molar-refractivity contribution is 5.90. The summed E-state index contributed by atoms with van der Waals surface area (Å²) in [5.74, 6) is 0.772. The summed E-state index contributed by atoms with van der Waals surface area (Å²) in [5.41, 5.74) is 4.19. The third-order valence-corrected chi connectivity index (χ3v) is 3.85. The van der Waals surface area contributed by atoms with Crippen LogP contribution in [0.15, 0.2) is 48.5 Å². The zero-order valence-electron chi connectivity index (χ0n) is 12.2. The molecule has 0 saturated carbocycles. The molecule has 3 rings (SSSR count). The minimum atomic E-state index is -1.01. The Morgan fingerprint density at radius 1 is 1.27 bits per heavy atom. The van der Waals surface area contributed by atoms with E-state index in [4.69, 9.17) is 9.84 Å². The Kier molecular flexibility index (Phi) is 3.83.